The SMILES string of the molecule is CC(C)(C)OC(=O)N[C@@H](Cc1cn(C(=O)OC(C)(C)C)cn1)C(=O)OC(=O)[C@@H](N)CCCCNC(=O)OCc1ccccc1. The lowest BCUT2D eigenvalue weighted by Crippen LogP contribution is -2.47. The molecule has 0 aliphatic carbocycles. The van der Waals surface area contributed by atoms with Crippen LogP contribution in [0.25, 0.3) is 0 Å². The third kappa shape index (κ3) is 14.1. The van der Waals surface area contributed by atoms with Gasteiger partial charge in [-0.2, -0.15) is 0 Å². The number of nitrogens with zero attached hydrogens (tertiary/aromatic N) is 2. The van der Waals surface area contributed by atoms with E-state index in [0.717, 1.165) is 10.1 Å². The van der Waals surface area contributed by atoms with Crippen molar-refractivity contribution in [1.29, 1.82) is 0 Å². The van der Waals surface area contributed by atoms with E-state index in [1.165, 1.54) is 12.5 Å². The zero-order valence-electron chi connectivity index (χ0n) is 26.1. The number of carbonyl (C=O) groups excluding carboxylic acids is 5. The molecule has 0 fully saturated rings. The van der Waals surface area contributed by atoms with Crippen LogP contribution in [-0.2, 0) is 41.6 Å². The molecule has 0 saturated carbocycles. The fourth-order valence-electron chi connectivity index (χ4n) is 3.55. The molecular formula is C30H43N5O9. The highest BCUT2D eigenvalue weighted by atomic mass is 16.6. The summed E-state index contributed by atoms with van der Waals surface area (Å²) in [5.74, 6) is -2.06. The minimum absolute atomic E-state index is 0.146. The molecule has 2 aromatic rings. The van der Waals surface area contributed by atoms with Crippen LogP contribution >= 0.6 is 0 Å². The maximum atomic E-state index is 13.0. The number of amides is 2. The molecule has 14 nitrogen and oxygen atoms in total. The summed E-state index contributed by atoms with van der Waals surface area (Å²) < 4.78 is 21.7. The van der Waals surface area contributed by atoms with Gasteiger partial charge in [-0.3, -0.25) is 0 Å². The van der Waals surface area contributed by atoms with Gasteiger partial charge in [0.15, 0.2) is 0 Å². The second-order valence-corrected chi connectivity index (χ2v) is 12.0. The highest BCUT2D eigenvalue weighted by Crippen LogP contribution is 2.12. The maximum absolute atomic E-state index is 13.0. The van der Waals surface area contributed by atoms with Crippen molar-refractivity contribution in [2.24, 2.45) is 5.73 Å². The standard InChI is InChI=1S/C30H43N5O9/c1-29(2,3)43-27(39)34-23(16-21-17-35(19-33-21)28(40)44-30(4,5)6)25(37)42-24(36)22(31)14-10-11-15-32-26(38)41-18-20-12-8-7-9-13-20/h7-9,12-13,17,19,22-23H,10-11,14-16,18,31H2,1-6H3,(H,32,38)(H,34,39)/t22-,23-/m0/s1. The van der Waals surface area contributed by atoms with Crippen molar-refractivity contribution in [2.75, 3.05) is 6.54 Å². The van der Waals surface area contributed by atoms with Crippen molar-refractivity contribution >= 4 is 30.2 Å². The maximum Gasteiger partial charge on any atom is 0.419 e. The van der Waals surface area contributed by atoms with Gasteiger partial charge in [0.2, 0.25) is 0 Å². The summed E-state index contributed by atoms with van der Waals surface area (Å²) in [6, 6.07) is 6.73. The van der Waals surface area contributed by atoms with Crippen molar-refractivity contribution in [3.63, 3.8) is 0 Å². The molecule has 1 heterocycles. The van der Waals surface area contributed by atoms with Crippen LogP contribution in [0.4, 0.5) is 14.4 Å². The summed E-state index contributed by atoms with van der Waals surface area (Å²) in [4.78, 5) is 66.2. The number of esters is 2. The summed E-state index contributed by atoms with van der Waals surface area (Å²) in [6.07, 6.45) is 1.28. The van der Waals surface area contributed by atoms with Crippen LogP contribution in [0.3, 0.4) is 0 Å². The largest absolute Gasteiger partial charge is 0.445 e. The Labute approximate surface area is 256 Å². The first-order chi connectivity index (χ1) is 20.5. The second-order valence-electron chi connectivity index (χ2n) is 12.0. The van der Waals surface area contributed by atoms with Crippen molar-refractivity contribution in [1.82, 2.24) is 20.2 Å². The van der Waals surface area contributed by atoms with Crippen LogP contribution in [0.15, 0.2) is 42.9 Å². The van der Waals surface area contributed by atoms with Gasteiger partial charge in [0, 0.05) is 19.2 Å². The molecule has 0 aliphatic rings. The van der Waals surface area contributed by atoms with Gasteiger partial charge in [0.1, 0.15) is 36.2 Å². The van der Waals surface area contributed by atoms with Gasteiger partial charge in [-0.25, -0.2) is 33.5 Å². The molecule has 242 valence electrons. The molecular weight excluding hydrogens is 574 g/mol. The minimum Gasteiger partial charge on any atom is -0.445 e. The van der Waals surface area contributed by atoms with E-state index >= 15 is 0 Å². The van der Waals surface area contributed by atoms with Crippen molar-refractivity contribution in [3.8, 4) is 0 Å². The number of aromatic nitrogens is 2. The van der Waals surface area contributed by atoms with Crippen molar-refractivity contribution < 1.29 is 42.9 Å². The highest BCUT2D eigenvalue weighted by molar-refractivity contribution is 5.92. The fraction of sp³-hybridized carbons (Fsp3) is 0.533. The Hall–Kier alpha value is -4.46. The van der Waals surface area contributed by atoms with Gasteiger partial charge in [-0.05, 0) is 66.4 Å². The van der Waals surface area contributed by atoms with E-state index in [1.54, 1.807) is 41.5 Å². The number of hydrogen-bond acceptors (Lipinski definition) is 11. The lowest BCUT2D eigenvalue weighted by atomic mass is 10.1. The van der Waals surface area contributed by atoms with Gasteiger partial charge < -0.3 is 35.3 Å². The lowest BCUT2D eigenvalue weighted by Gasteiger charge is -2.22. The Morgan fingerprint density at radius 1 is 0.909 bits per heavy atom. The number of ether oxygens (including phenoxy) is 4. The van der Waals surface area contributed by atoms with E-state index in [-0.39, 0.29) is 25.1 Å². The summed E-state index contributed by atoms with van der Waals surface area (Å²) in [5, 5.41) is 5.01. The average molecular weight is 618 g/mol. The first-order valence-electron chi connectivity index (χ1n) is 14.2. The third-order valence-electron chi connectivity index (χ3n) is 5.56. The van der Waals surface area contributed by atoms with Crippen molar-refractivity contribution in [3.05, 3.63) is 54.1 Å². The summed E-state index contributed by atoms with van der Waals surface area (Å²) >= 11 is 0. The number of unbranched alkanes of at least 4 members (excludes halogenated alkanes) is 1. The fourth-order valence-corrected chi connectivity index (χ4v) is 3.55. The molecule has 0 bridgehead atoms. The highest BCUT2D eigenvalue weighted by Gasteiger charge is 2.30. The van der Waals surface area contributed by atoms with Gasteiger partial charge >= 0.3 is 30.2 Å². The summed E-state index contributed by atoms with van der Waals surface area (Å²) in [6.45, 7) is 10.5. The Kier molecular flexibility index (Phi) is 13.3. The smallest absolute Gasteiger partial charge is 0.419 e. The molecule has 0 unspecified atom stereocenters. The van der Waals surface area contributed by atoms with E-state index in [4.69, 9.17) is 24.7 Å². The number of carbonyl (C=O) groups is 5. The normalized spacial score (nSPS) is 12.8. The van der Waals surface area contributed by atoms with Crippen LogP contribution in [0.5, 0.6) is 0 Å². The van der Waals surface area contributed by atoms with Crippen LogP contribution in [0.2, 0.25) is 0 Å². The van der Waals surface area contributed by atoms with E-state index < -0.39 is 53.5 Å². The van der Waals surface area contributed by atoms with Crippen molar-refractivity contribution in [2.45, 2.75) is 97.1 Å². The summed E-state index contributed by atoms with van der Waals surface area (Å²) in [7, 11) is 0. The molecule has 2 amide bonds. The lowest BCUT2D eigenvalue weighted by molar-refractivity contribution is -0.162. The predicted octanol–water partition coefficient (Wildman–Crippen LogP) is 3.60. The number of nitrogens with two attached hydrogens (primary N) is 1. The Bertz CT molecular complexity index is 1270. The van der Waals surface area contributed by atoms with E-state index in [1.807, 2.05) is 30.3 Å². The first kappa shape index (κ1) is 35.7. The molecule has 0 saturated heterocycles. The number of hydrogen-bond donors (Lipinski definition) is 3. The van der Waals surface area contributed by atoms with Gasteiger partial charge in [-0.1, -0.05) is 30.3 Å². The molecule has 2 atom stereocenters. The Morgan fingerprint density at radius 3 is 2.20 bits per heavy atom. The quantitative estimate of drug-likeness (QED) is 0.136. The molecule has 14 heteroatoms. The number of benzene rings is 1. The summed E-state index contributed by atoms with van der Waals surface area (Å²) in [5.41, 5.74) is 5.43. The van der Waals surface area contributed by atoms with Crippen LogP contribution in [0, 0.1) is 0 Å². The molecule has 1 aromatic heterocycles. The molecule has 1 aromatic carbocycles. The zero-order chi connectivity index (χ0) is 32.9. The monoisotopic (exact) mass is 617 g/mol. The number of imidazole rings is 1. The zero-order valence-corrected chi connectivity index (χ0v) is 26.1. The van der Waals surface area contributed by atoms with Crippen LogP contribution < -0.4 is 16.4 Å². The predicted molar refractivity (Wildman–Crippen MR) is 158 cm³/mol. The van der Waals surface area contributed by atoms with Gasteiger partial charge in [0.05, 0.1) is 5.69 Å². The molecule has 0 radical (unpaired) electrons. The third-order valence-corrected chi connectivity index (χ3v) is 5.56. The number of nitrogens with one attached hydrogen (secondary N) is 2. The number of rotatable bonds is 12. The Morgan fingerprint density at radius 2 is 1.57 bits per heavy atom. The Balaban J connectivity index is 1.88. The molecule has 44 heavy (non-hydrogen) atoms. The minimum atomic E-state index is -1.38. The molecule has 4 N–H and O–H groups in total. The molecule has 2 rings (SSSR count). The van der Waals surface area contributed by atoms with Crippen LogP contribution in [0.1, 0.15) is 72.1 Å². The van der Waals surface area contributed by atoms with Gasteiger partial charge in [-0.15, -0.1) is 0 Å². The first-order valence-corrected chi connectivity index (χ1v) is 14.2. The number of alkyl carbamates (subject to hydrolysis) is 2. The van der Waals surface area contributed by atoms with E-state index in [2.05, 4.69) is 15.6 Å². The molecule has 0 aliphatic heterocycles. The van der Waals surface area contributed by atoms with E-state index in [9.17, 15) is 24.0 Å². The second kappa shape index (κ2) is 16.4. The molecule has 0 spiro atoms. The average Bonchev–Trinajstić information content (AvgIpc) is 3.38. The van der Waals surface area contributed by atoms with E-state index in [0.29, 0.717) is 19.4 Å². The topological polar surface area (TPSA) is 190 Å². The van der Waals surface area contributed by atoms with Crippen LogP contribution in [-0.4, -0.2) is 69.6 Å². The van der Waals surface area contributed by atoms with Gasteiger partial charge in [0.25, 0.3) is 0 Å².